The van der Waals surface area contributed by atoms with Gasteiger partial charge >= 0.3 is 0 Å². The third-order valence-electron chi connectivity index (χ3n) is 3.62. The molecular formula is C15H31NO2. The van der Waals surface area contributed by atoms with Crippen LogP contribution >= 0.6 is 0 Å². The van der Waals surface area contributed by atoms with E-state index in [2.05, 4.69) is 19.2 Å². The highest BCUT2D eigenvalue weighted by atomic mass is 16.5. The highest BCUT2D eigenvalue weighted by Gasteiger charge is 2.12. The number of ether oxygens (including phenoxy) is 2. The molecule has 0 aromatic heterocycles. The Balaban J connectivity index is 1.86. The molecule has 0 spiro atoms. The Hall–Kier alpha value is -0.120. The standard InChI is InChI=1S/C15H31NO2/c1-3-4-5-6-7-14(2)18-13-10-16-15-8-11-17-12-9-15/h14-16H,3-13H2,1-2H3. The van der Waals surface area contributed by atoms with E-state index < -0.39 is 0 Å². The molecule has 3 nitrogen and oxygen atoms in total. The van der Waals surface area contributed by atoms with Gasteiger partial charge in [0.1, 0.15) is 0 Å². The van der Waals surface area contributed by atoms with Gasteiger partial charge in [-0.2, -0.15) is 0 Å². The Morgan fingerprint density at radius 3 is 2.72 bits per heavy atom. The maximum atomic E-state index is 5.82. The molecular weight excluding hydrogens is 226 g/mol. The summed E-state index contributed by atoms with van der Waals surface area (Å²) in [6.45, 7) is 8.08. The molecule has 0 saturated carbocycles. The summed E-state index contributed by atoms with van der Waals surface area (Å²) in [6.07, 6.45) is 9.24. The van der Waals surface area contributed by atoms with Gasteiger partial charge in [-0.25, -0.2) is 0 Å². The van der Waals surface area contributed by atoms with Crippen molar-refractivity contribution in [2.45, 2.75) is 70.9 Å². The second-order valence-corrected chi connectivity index (χ2v) is 5.37. The fourth-order valence-electron chi connectivity index (χ4n) is 2.37. The lowest BCUT2D eigenvalue weighted by Crippen LogP contribution is -2.37. The van der Waals surface area contributed by atoms with Crippen molar-refractivity contribution in [3.8, 4) is 0 Å². The maximum absolute atomic E-state index is 5.82. The Morgan fingerprint density at radius 2 is 2.00 bits per heavy atom. The van der Waals surface area contributed by atoms with Crippen LogP contribution in [-0.4, -0.2) is 38.5 Å². The van der Waals surface area contributed by atoms with Crippen molar-refractivity contribution >= 4 is 0 Å². The van der Waals surface area contributed by atoms with E-state index in [4.69, 9.17) is 9.47 Å². The van der Waals surface area contributed by atoms with Crippen LogP contribution in [-0.2, 0) is 9.47 Å². The molecule has 1 atom stereocenters. The van der Waals surface area contributed by atoms with E-state index in [1.54, 1.807) is 0 Å². The lowest BCUT2D eigenvalue weighted by Gasteiger charge is -2.23. The Bertz CT molecular complexity index is 181. The maximum Gasteiger partial charge on any atom is 0.0594 e. The van der Waals surface area contributed by atoms with Crippen LogP contribution in [0.15, 0.2) is 0 Å². The highest BCUT2D eigenvalue weighted by molar-refractivity contribution is 4.69. The van der Waals surface area contributed by atoms with Gasteiger partial charge in [0.25, 0.3) is 0 Å². The molecule has 1 fully saturated rings. The topological polar surface area (TPSA) is 30.5 Å². The van der Waals surface area contributed by atoms with Crippen LogP contribution in [0.3, 0.4) is 0 Å². The third kappa shape index (κ3) is 8.06. The van der Waals surface area contributed by atoms with Gasteiger partial charge in [0.05, 0.1) is 12.7 Å². The number of nitrogens with one attached hydrogen (secondary N) is 1. The molecule has 0 bridgehead atoms. The van der Waals surface area contributed by atoms with Crippen LogP contribution in [0.25, 0.3) is 0 Å². The molecule has 1 unspecified atom stereocenters. The van der Waals surface area contributed by atoms with Gasteiger partial charge in [-0.05, 0) is 26.2 Å². The van der Waals surface area contributed by atoms with Crippen molar-refractivity contribution < 1.29 is 9.47 Å². The van der Waals surface area contributed by atoms with Gasteiger partial charge in [0.15, 0.2) is 0 Å². The van der Waals surface area contributed by atoms with Gasteiger partial charge < -0.3 is 14.8 Å². The molecule has 18 heavy (non-hydrogen) atoms. The first-order valence-electron chi connectivity index (χ1n) is 7.75. The Kier molecular flexibility index (Phi) is 9.54. The van der Waals surface area contributed by atoms with E-state index >= 15 is 0 Å². The second-order valence-electron chi connectivity index (χ2n) is 5.37. The summed E-state index contributed by atoms with van der Waals surface area (Å²) < 4.78 is 11.2. The highest BCUT2D eigenvalue weighted by Crippen LogP contribution is 2.08. The van der Waals surface area contributed by atoms with E-state index in [0.29, 0.717) is 12.1 Å². The van der Waals surface area contributed by atoms with Gasteiger partial charge in [0, 0.05) is 25.8 Å². The molecule has 1 heterocycles. The fraction of sp³-hybridized carbons (Fsp3) is 1.00. The van der Waals surface area contributed by atoms with Crippen molar-refractivity contribution in [1.29, 1.82) is 0 Å². The van der Waals surface area contributed by atoms with Crippen molar-refractivity contribution in [3.63, 3.8) is 0 Å². The predicted molar refractivity (Wildman–Crippen MR) is 76.0 cm³/mol. The number of unbranched alkanes of at least 4 members (excludes halogenated alkanes) is 3. The van der Waals surface area contributed by atoms with E-state index in [1.807, 2.05) is 0 Å². The largest absolute Gasteiger partial charge is 0.381 e. The zero-order valence-electron chi connectivity index (χ0n) is 12.2. The number of hydrogen-bond acceptors (Lipinski definition) is 3. The van der Waals surface area contributed by atoms with E-state index in [9.17, 15) is 0 Å². The molecule has 0 aliphatic carbocycles. The van der Waals surface area contributed by atoms with E-state index in [0.717, 1.165) is 39.2 Å². The summed E-state index contributed by atoms with van der Waals surface area (Å²) >= 11 is 0. The van der Waals surface area contributed by atoms with Crippen LogP contribution in [0, 0.1) is 0 Å². The summed E-state index contributed by atoms with van der Waals surface area (Å²) in [7, 11) is 0. The lowest BCUT2D eigenvalue weighted by atomic mass is 10.1. The first-order valence-corrected chi connectivity index (χ1v) is 7.75. The Morgan fingerprint density at radius 1 is 1.22 bits per heavy atom. The summed E-state index contributed by atoms with van der Waals surface area (Å²) in [5.74, 6) is 0. The van der Waals surface area contributed by atoms with Gasteiger partial charge in [0.2, 0.25) is 0 Å². The lowest BCUT2D eigenvalue weighted by molar-refractivity contribution is 0.0500. The average Bonchev–Trinajstić information content (AvgIpc) is 2.41. The van der Waals surface area contributed by atoms with Crippen molar-refractivity contribution in [1.82, 2.24) is 5.32 Å². The van der Waals surface area contributed by atoms with Crippen LogP contribution in [0.5, 0.6) is 0 Å². The molecule has 0 aromatic carbocycles. The zero-order chi connectivity index (χ0) is 13.1. The van der Waals surface area contributed by atoms with Crippen molar-refractivity contribution in [3.05, 3.63) is 0 Å². The van der Waals surface area contributed by atoms with E-state index in [-0.39, 0.29) is 0 Å². The molecule has 1 saturated heterocycles. The van der Waals surface area contributed by atoms with Crippen molar-refractivity contribution in [2.24, 2.45) is 0 Å². The predicted octanol–water partition coefficient (Wildman–Crippen LogP) is 3.13. The number of rotatable bonds is 10. The van der Waals surface area contributed by atoms with Gasteiger partial charge in [-0.3, -0.25) is 0 Å². The summed E-state index contributed by atoms with van der Waals surface area (Å²) in [5.41, 5.74) is 0. The van der Waals surface area contributed by atoms with Crippen molar-refractivity contribution in [2.75, 3.05) is 26.4 Å². The van der Waals surface area contributed by atoms with Crippen LogP contribution < -0.4 is 5.32 Å². The van der Waals surface area contributed by atoms with Gasteiger partial charge in [-0.1, -0.05) is 32.6 Å². The second kappa shape index (κ2) is 10.8. The molecule has 3 heteroatoms. The third-order valence-corrected chi connectivity index (χ3v) is 3.62. The molecule has 108 valence electrons. The summed E-state index contributed by atoms with van der Waals surface area (Å²) in [5, 5.41) is 3.55. The molecule has 1 aliphatic heterocycles. The number of hydrogen-bond donors (Lipinski definition) is 1. The zero-order valence-corrected chi connectivity index (χ0v) is 12.2. The SMILES string of the molecule is CCCCCCC(C)OCCNC1CCOCC1. The molecule has 1 rings (SSSR count). The minimum atomic E-state index is 0.415. The van der Waals surface area contributed by atoms with Crippen LogP contribution in [0.4, 0.5) is 0 Å². The molecule has 1 N–H and O–H groups in total. The first kappa shape index (κ1) is 15.9. The smallest absolute Gasteiger partial charge is 0.0594 e. The minimum Gasteiger partial charge on any atom is -0.381 e. The van der Waals surface area contributed by atoms with Gasteiger partial charge in [-0.15, -0.1) is 0 Å². The van der Waals surface area contributed by atoms with Crippen LogP contribution in [0.2, 0.25) is 0 Å². The fourth-order valence-corrected chi connectivity index (χ4v) is 2.37. The summed E-state index contributed by atoms with van der Waals surface area (Å²) in [6, 6.07) is 0.641. The average molecular weight is 257 g/mol. The Labute approximate surface area is 113 Å². The monoisotopic (exact) mass is 257 g/mol. The van der Waals surface area contributed by atoms with E-state index in [1.165, 1.54) is 32.1 Å². The molecule has 0 amide bonds. The molecule has 0 aromatic rings. The summed E-state index contributed by atoms with van der Waals surface area (Å²) in [4.78, 5) is 0. The molecule has 1 aliphatic rings. The molecule has 0 radical (unpaired) electrons. The first-order chi connectivity index (χ1) is 8.83. The normalized spacial score (nSPS) is 19.0. The van der Waals surface area contributed by atoms with Crippen LogP contribution in [0.1, 0.15) is 58.8 Å². The minimum absolute atomic E-state index is 0.415. The quantitative estimate of drug-likeness (QED) is 0.610.